The molecule has 0 radical (unpaired) electrons. The third-order valence-corrected chi connectivity index (χ3v) is 7.38. The molecule has 1 atom stereocenters. The van der Waals surface area contributed by atoms with Gasteiger partial charge in [0.05, 0.1) is 28.4 Å². The molecule has 0 aliphatic carbocycles. The van der Waals surface area contributed by atoms with Gasteiger partial charge in [-0.05, 0) is 49.7 Å². The van der Waals surface area contributed by atoms with Gasteiger partial charge in [-0.3, -0.25) is 14.5 Å². The molecule has 0 bridgehead atoms. The number of thiazole rings is 1. The lowest BCUT2D eigenvalue weighted by atomic mass is 9.95. The number of aromatic nitrogens is 1. The van der Waals surface area contributed by atoms with Gasteiger partial charge in [-0.15, -0.1) is 0 Å². The Bertz CT molecular complexity index is 1520. The highest BCUT2D eigenvalue weighted by Gasteiger charge is 2.48. The van der Waals surface area contributed by atoms with Gasteiger partial charge in [-0.2, -0.15) is 0 Å². The Kier molecular flexibility index (Phi) is 6.43. The van der Waals surface area contributed by atoms with E-state index in [0.717, 1.165) is 16.0 Å². The molecular weight excluding hydrogens is 486 g/mol. The molecule has 2 heterocycles. The molecular formula is C29H27N3O4S. The standard InChI is InChI=1S/C29H27N3O4S/c1-5-36-21-14-15-22-23(16-21)37-29(30-22)32-25(18-10-12-20(13-11-18)31(3)4)24(27(34)28(32)35)26(33)19-8-6-17(2)7-9-19/h6-16,25,33H,5H2,1-4H3. The Hall–Kier alpha value is -4.17. The second-order valence-corrected chi connectivity index (χ2v) is 10.1. The maximum Gasteiger partial charge on any atom is 0.301 e. The summed E-state index contributed by atoms with van der Waals surface area (Å²) in [5, 5.41) is 11.7. The van der Waals surface area contributed by atoms with Crippen LogP contribution in [0.4, 0.5) is 10.8 Å². The number of nitrogens with zero attached hydrogens (tertiary/aromatic N) is 3. The van der Waals surface area contributed by atoms with Crippen molar-refractivity contribution in [3.8, 4) is 5.75 Å². The number of benzene rings is 3. The Labute approximate surface area is 219 Å². The normalized spacial score (nSPS) is 17.0. The second-order valence-electron chi connectivity index (χ2n) is 9.08. The molecule has 1 N–H and O–H groups in total. The Morgan fingerprint density at radius 2 is 1.76 bits per heavy atom. The van der Waals surface area contributed by atoms with Crippen LogP contribution in [0.5, 0.6) is 5.75 Å². The van der Waals surface area contributed by atoms with Crippen LogP contribution in [-0.4, -0.2) is 42.5 Å². The highest BCUT2D eigenvalue weighted by molar-refractivity contribution is 7.22. The molecule has 1 aromatic heterocycles. The fourth-order valence-corrected chi connectivity index (χ4v) is 5.44. The maximum atomic E-state index is 13.5. The summed E-state index contributed by atoms with van der Waals surface area (Å²) in [6, 6.07) is 19.5. The molecule has 188 valence electrons. The molecule has 1 aliphatic rings. The van der Waals surface area contributed by atoms with E-state index in [0.29, 0.717) is 34.1 Å². The number of hydrogen-bond donors (Lipinski definition) is 1. The molecule has 8 heteroatoms. The number of amides is 1. The van der Waals surface area contributed by atoms with Gasteiger partial charge in [-0.1, -0.05) is 53.3 Å². The minimum absolute atomic E-state index is 0.0423. The number of Topliss-reactive ketones (excluding diaryl/α,β-unsaturated/α-hetero) is 1. The first-order valence-corrected chi connectivity index (χ1v) is 12.8. The zero-order chi connectivity index (χ0) is 26.3. The molecule has 1 unspecified atom stereocenters. The molecule has 1 fully saturated rings. The first-order chi connectivity index (χ1) is 17.8. The topological polar surface area (TPSA) is 83.0 Å². The van der Waals surface area contributed by atoms with E-state index in [4.69, 9.17) is 4.74 Å². The average Bonchev–Trinajstić information content (AvgIpc) is 3.42. The summed E-state index contributed by atoms with van der Waals surface area (Å²) in [6.45, 7) is 4.39. The molecule has 1 amide bonds. The van der Waals surface area contributed by atoms with Crippen LogP contribution in [0.15, 0.2) is 72.3 Å². The third-order valence-electron chi connectivity index (χ3n) is 6.36. The van der Waals surface area contributed by atoms with Crippen molar-refractivity contribution in [3.05, 3.63) is 89.0 Å². The largest absolute Gasteiger partial charge is 0.507 e. The average molecular weight is 514 g/mol. The van der Waals surface area contributed by atoms with Crippen molar-refractivity contribution < 1.29 is 19.4 Å². The lowest BCUT2D eigenvalue weighted by Crippen LogP contribution is -2.29. The van der Waals surface area contributed by atoms with Gasteiger partial charge in [0.2, 0.25) is 0 Å². The van der Waals surface area contributed by atoms with E-state index in [2.05, 4.69) is 4.98 Å². The number of carbonyl (C=O) groups is 2. The predicted molar refractivity (Wildman–Crippen MR) is 148 cm³/mol. The molecule has 5 rings (SSSR count). The SMILES string of the molecule is CCOc1ccc2nc(N3C(=O)C(=O)C(=C(O)c4ccc(C)cc4)C3c3ccc(N(C)C)cc3)sc2c1. The van der Waals surface area contributed by atoms with E-state index in [1.807, 2.05) is 87.4 Å². The van der Waals surface area contributed by atoms with Crippen molar-refractivity contribution in [2.75, 3.05) is 30.5 Å². The van der Waals surface area contributed by atoms with Gasteiger partial charge in [0, 0.05) is 25.3 Å². The fourth-order valence-electron chi connectivity index (χ4n) is 4.42. The van der Waals surface area contributed by atoms with Crippen molar-refractivity contribution >= 4 is 49.8 Å². The number of ether oxygens (including phenoxy) is 1. The van der Waals surface area contributed by atoms with Crippen molar-refractivity contribution in [2.45, 2.75) is 19.9 Å². The molecule has 1 saturated heterocycles. The monoisotopic (exact) mass is 513 g/mol. The summed E-state index contributed by atoms with van der Waals surface area (Å²) < 4.78 is 6.45. The second kappa shape index (κ2) is 9.71. The van der Waals surface area contributed by atoms with Crippen molar-refractivity contribution in [1.29, 1.82) is 0 Å². The third kappa shape index (κ3) is 4.44. The number of fused-ring (bicyclic) bond motifs is 1. The maximum absolute atomic E-state index is 13.5. The molecule has 7 nitrogen and oxygen atoms in total. The minimum Gasteiger partial charge on any atom is -0.507 e. The van der Waals surface area contributed by atoms with E-state index >= 15 is 0 Å². The highest BCUT2D eigenvalue weighted by atomic mass is 32.1. The quantitative estimate of drug-likeness (QED) is 0.202. The van der Waals surface area contributed by atoms with Crippen LogP contribution in [0.3, 0.4) is 0 Å². The van der Waals surface area contributed by atoms with Crippen LogP contribution in [0, 0.1) is 6.92 Å². The number of aliphatic hydroxyl groups excluding tert-OH is 1. The molecule has 37 heavy (non-hydrogen) atoms. The van der Waals surface area contributed by atoms with E-state index in [1.165, 1.54) is 16.2 Å². The lowest BCUT2D eigenvalue weighted by molar-refractivity contribution is -0.132. The summed E-state index contributed by atoms with van der Waals surface area (Å²) in [5.41, 5.74) is 3.92. The molecule has 0 spiro atoms. The van der Waals surface area contributed by atoms with Crippen molar-refractivity contribution in [3.63, 3.8) is 0 Å². The summed E-state index contributed by atoms with van der Waals surface area (Å²) in [5.74, 6) is -0.960. The molecule has 0 saturated carbocycles. The molecule has 3 aromatic carbocycles. The fraction of sp³-hybridized carbons (Fsp3) is 0.207. The van der Waals surface area contributed by atoms with Crippen molar-refractivity contribution in [1.82, 2.24) is 4.98 Å². The van der Waals surface area contributed by atoms with Gasteiger partial charge >= 0.3 is 5.91 Å². The van der Waals surface area contributed by atoms with Crippen LogP contribution in [0.1, 0.15) is 29.7 Å². The van der Waals surface area contributed by atoms with Crippen LogP contribution in [0.25, 0.3) is 16.0 Å². The first kappa shape index (κ1) is 24.5. The zero-order valence-electron chi connectivity index (χ0n) is 21.1. The van der Waals surface area contributed by atoms with Gasteiger partial charge in [0.1, 0.15) is 11.5 Å². The van der Waals surface area contributed by atoms with E-state index < -0.39 is 17.7 Å². The smallest absolute Gasteiger partial charge is 0.301 e. The summed E-state index contributed by atoms with van der Waals surface area (Å²) >= 11 is 1.31. The number of rotatable bonds is 6. The Morgan fingerprint density at radius 1 is 1.05 bits per heavy atom. The van der Waals surface area contributed by atoms with Crippen LogP contribution in [0.2, 0.25) is 0 Å². The number of ketones is 1. The summed E-state index contributed by atoms with van der Waals surface area (Å²) in [6.07, 6.45) is 0. The van der Waals surface area contributed by atoms with Crippen LogP contribution < -0.4 is 14.5 Å². The Balaban J connectivity index is 1.68. The van der Waals surface area contributed by atoms with E-state index in [-0.39, 0.29) is 11.3 Å². The van der Waals surface area contributed by atoms with E-state index in [9.17, 15) is 14.7 Å². The lowest BCUT2D eigenvalue weighted by Gasteiger charge is -2.23. The minimum atomic E-state index is -0.829. The number of carbonyl (C=O) groups excluding carboxylic acids is 2. The molecule has 1 aliphatic heterocycles. The van der Waals surface area contributed by atoms with Crippen LogP contribution >= 0.6 is 11.3 Å². The number of aryl methyl sites for hydroxylation is 1. The van der Waals surface area contributed by atoms with Gasteiger partial charge in [-0.25, -0.2) is 4.98 Å². The van der Waals surface area contributed by atoms with Gasteiger partial charge in [0.25, 0.3) is 5.78 Å². The predicted octanol–water partition coefficient (Wildman–Crippen LogP) is 5.70. The summed E-state index contributed by atoms with van der Waals surface area (Å²) in [4.78, 5) is 35.0. The molecule has 4 aromatic rings. The van der Waals surface area contributed by atoms with E-state index in [1.54, 1.807) is 12.1 Å². The van der Waals surface area contributed by atoms with Crippen LogP contribution in [-0.2, 0) is 9.59 Å². The number of hydrogen-bond acceptors (Lipinski definition) is 7. The highest BCUT2D eigenvalue weighted by Crippen LogP contribution is 2.44. The van der Waals surface area contributed by atoms with Gasteiger partial charge in [0.15, 0.2) is 5.13 Å². The number of aliphatic hydroxyl groups is 1. The van der Waals surface area contributed by atoms with Crippen molar-refractivity contribution in [2.24, 2.45) is 0 Å². The number of anilines is 2. The zero-order valence-corrected chi connectivity index (χ0v) is 21.9. The van der Waals surface area contributed by atoms with Gasteiger partial charge < -0.3 is 14.7 Å². The summed E-state index contributed by atoms with van der Waals surface area (Å²) in [7, 11) is 3.88. The Morgan fingerprint density at radius 3 is 2.41 bits per heavy atom. The first-order valence-electron chi connectivity index (χ1n) is 12.0.